The molecule has 1 aromatic carbocycles. The SMILES string of the molecule is N#Cc1ccc2sc(Cl)c(Br)c2c1. The zero-order valence-electron chi connectivity index (χ0n) is 6.34. The van der Waals surface area contributed by atoms with Crippen molar-refractivity contribution in [1.82, 2.24) is 0 Å². The number of hydrogen-bond acceptors (Lipinski definition) is 2. The summed E-state index contributed by atoms with van der Waals surface area (Å²) in [6.45, 7) is 0. The number of nitrogens with zero attached hydrogens (tertiary/aromatic N) is 1. The van der Waals surface area contributed by atoms with E-state index in [1.165, 1.54) is 11.3 Å². The molecule has 1 heterocycles. The van der Waals surface area contributed by atoms with E-state index in [4.69, 9.17) is 16.9 Å². The quantitative estimate of drug-likeness (QED) is 0.705. The van der Waals surface area contributed by atoms with E-state index in [0.717, 1.165) is 18.9 Å². The van der Waals surface area contributed by atoms with Gasteiger partial charge < -0.3 is 0 Å². The van der Waals surface area contributed by atoms with E-state index in [2.05, 4.69) is 22.0 Å². The summed E-state index contributed by atoms with van der Waals surface area (Å²) in [5, 5.41) is 9.71. The van der Waals surface area contributed by atoms with Crippen molar-refractivity contribution >= 4 is 49.0 Å². The van der Waals surface area contributed by atoms with Gasteiger partial charge in [0.05, 0.1) is 16.1 Å². The number of thiophene rings is 1. The fourth-order valence-electron chi connectivity index (χ4n) is 1.11. The van der Waals surface area contributed by atoms with Crippen LogP contribution in [0.3, 0.4) is 0 Å². The van der Waals surface area contributed by atoms with E-state index >= 15 is 0 Å². The number of nitriles is 1. The molecule has 2 rings (SSSR count). The number of halogens is 2. The highest BCUT2D eigenvalue weighted by Crippen LogP contribution is 2.39. The molecular weight excluding hydrogens is 270 g/mol. The molecule has 0 atom stereocenters. The predicted molar refractivity (Wildman–Crippen MR) is 59.3 cm³/mol. The van der Waals surface area contributed by atoms with E-state index < -0.39 is 0 Å². The fraction of sp³-hybridized carbons (Fsp3) is 0. The summed E-state index contributed by atoms with van der Waals surface area (Å²) < 4.78 is 2.70. The van der Waals surface area contributed by atoms with Crippen molar-refractivity contribution in [3.63, 3.8) is 0 Å². The largest absolute Gasteiger partial charge is 0.192 e. The first kappa shape index (κ1) is 9.01. The molecule has 1 aromatic heterocycles. The maximum Gasteiger partial charge on any atom is 0.108 e. The second-order valence-electron chi connectivity index (χ2n) is 2.51. The van der Waals surface area contributed by atoms with Gasteiger partial charge in [0.2, 0.25) is 0 Å². The average Bonchev–Trinajstić information content (AvgIpc) is 2.43. The van der Waals surface area contributed by atoms with Crippen LogP contribution in [0.5, 0.6) is 0 Å². The summed E-state index contributed by atoms with van der Waals surface area (Å²) in [6.07, 6.45) is 0. The van der Waals surface area contributed by atoms with Crippen LogP contribution in [0, 0.1) is 11.3 Å². The van der Waals surface area contributed by atoms with Gasteiger partial charge in [-0.3, -0.25) is 0 Å². The lowest BCUT2D eigenvalue weighted by atomic mass is 10.2. The Balaban J connectivity index is 2.84. The maximum atomic E-state index is 8.70. The average molecular weight is 273 g/mol. The van der Waals surface area contributed by atoms with E-state index in [0.29, 0.717) is 5.56 Å². The first-order valence-corrected chi connectivity index (χ1v) is 5.49. The van der Waals surface area contributed by atoms with Crippen LogP contribution < -0.4 is 0 Å². The summed E-state index contributed by atoms with van der Waals surface area (Å²) in [7, 11) is 0. The highest BCUT2D eigenvalue weighted by molar-refractivity contribution is 9.10. The van der Waals surface area contributed by atoms with Gasteiger partial charge in [-0.25, -0.2) is 0 Å². The lowest BCUT2D eigenvalue weighted by Gasteiger charge is -1.90. The van der Waals surface area contributed by atoms with E-state index in [9.17, 15) is 0 Å². The van der Waals surface area contributed by atoms with Crippen LogP contribution >= 0.6 is 38.9 Å². The van der Waals surface area contributed by atoms with Crippen LogP contribution in [0.25, 0.3) is 10.1 Å². The topological polar surface area (TPSA) is 23.8 Å². The fourth-order valence-corrected chi connectivity index (χ4v) is 2.96. The van der Waals surface area contributed by atoms with Gasteiger partial charge in [-0.1, -0.05) is 11.6 Å². The summed E-state index contributed by atoms with van der Waals surface area (Å²) >= 11 is 10.8. The van der Waals surface area contributed by atoms with Gasteiger partial charge in [0.1, 0.15) is 4.34 Å². The van der Waals surface area contributed by atoms with Gasteiger partial charge in [-0.05, 0) is 34.1 Å². The van der Waals surface area contributed by atoms with Crippen LogP contribution in [-0.4, -0.2) is 0 Å². The van der Waals surface area contributed by atoms with Gasteiger partial charge in [-0.15, -0.1) is 11.3 Å². The molecule has 0 amide bonds. The molecule has 64 valence electrons. The Hall–Kier alpha value is -0.560. The number of benzene rings is 1. The van der Waals surface area contributed by atoms with Crippen molar-refractivity contribution in [3.8, 4) is 6.07 Å². The third kappa shape index (κ3) is 1.46. The van der Waals surface area contributed by atoms with Crippen LogP contribution in [0.1, 0.15) is 5.56 Å². The highest BCUT2D eigenvalue weighted by Gasteiger charge is 2.07. The smallest absolute Gasteiger partial charge is 0.108 e. The Morgan fingerprint density at radius 1 is 1.46 bits per heavy atom. The van der Waals surface area contributed by atoms with Crippen molar-refractivity contribution < 1.29 is 0 Å². The van der Waals surface area contributed by atoms with Gasteiger partial charge in [0, 0.05) is 10.1 Å². The lowest BCUT2D eigenvalue weighted by molar-refractivity contribution is 1.50. The summed E-state index contributed by atoms with van der Waals surface area (Å²) in [5.41, 5.74) is 0.655. The minimum absolute atomic E-state index is 0.655. The van der Waals surface area contributed by atoms with Gasteiger partial charge in [0.25, 0.3) is 0 Å². The van der Waals surface area contributed by atoms with Crippen molar-refractivity contribution in [3.05, 3.63) is 32.6 Å². The van der Waals surface area contributed by atoms with E-state index in [-0.39, 0.29) is 0 Å². The molecule has 2 aromatic rings. The first-order valence-electron chi connectivity index (χ1n) is 3.50. The minimum atomic E-state index is 0.655. The Bertz CT molecular complexity index is 512. The summed E-state index contributed by atoms with van der Waals surface area (Å²) in [6, 6.07) is 7.64. The molecule has 0 radical (unpaired) electrons. The lowest BCUT2D eigenvalue weighted by Crippen LogP contribution is -1.71. The van der Waals surface area contributed by atoms with Gasteiger partial charge in [-0.2, -0.15) is 5.26 Å². The molecular formula is C9H3BrClNS. The molecule has 0 aliphatic rings. The molecule has 0 unspecified atom stereocenters. The third-order valence-electron chi connectivity index (χ3n) is 1.72. The normalized spacial score (nSPS) is 10.2. The van der Waals surface area contributed by atoms with Crippen molar-refractivity contribution in [2.24, 2.45) is 0 Å². The Kier molecular flexibility index (Phi) is 2.29. The van der Waals surface area contributed by atoms with Crippen LogP contribution in [-0.2, 0) is 0 Å². The first-order chi connectivity index (χ1) is 6.22. The van der Waals surface area contributed by atoms with Gasteiger partial charge >= 0.3 is 0 Å². The molecule has 13 heavy (non-hydrogen) atoms. The zero-order chi connectivity index (χ0) is 9.42. The van der Waals surface area contributed by atoms with Crippen LogP contribution in [0.2, 0.25) is 4.34 Å². The van der Waals surface area contributed by atoms with E-state index in [1.54, 1.807) is 6.07 Å². The minimum Gasteiger partial charge on any atom is -0.192 e. The maximum absolute atomic E-state index is 8.70. The molecule has 0 aliphatic carbocycles. The van der Waals surface area contributed by atoms with Crippen molar-refractivity contribution in [1.29, 1.82) is 5.26 Å². The molecule has 0 spiro atoms. The highest BCUT2D eigenvalue weighted by atomic mass is 79.9. The molecule has 0 saturated heterocycles. The van der Waals surface area contributed by atoms with Gasteiger partial charge in [0.15, 0.2) is 0 Å². The molecule has 1 nitrogen and oxygen atoms in total. The summed E-state index contributed by atoms with van der Waals surface area (Å²) in [5.74, 6) is 0. The van der Waals surface area contributed by atoms with Crippen LogP contribution in [0.4, 0.5) is 0 Å². The molecule has 0 bridgehead atoms. The number of fused-ring (bicyclic) bond motifs is 1. The number of hydrogen-bond donors (Lipinski definition) is 0. The molecule has 0 N–H and O–H groups in total. The Morgan fingerprint density at radius 2 is 2.23 bits per heavy atom. The number of rotatable bonds is 0. The Morgan fingerprint density at radius 3 is 2.92 bits per heavy atom. The Labute approximate surface area is 92.7 Å². The monoisotopic (exact) mass is 271 g/mol. The second-order valence-corrected chi connectivity index (χ2v) is 4.96. The van der Waals surface area contributed by atoms with Crippen molar-refractivity contribution in [2.75, 3.05) is 0 Å². The van der Waals surface area contributed by atoms with E-state index in [1.807, 2.05) is 12.1 Å². The summed E-state index contributed by atoms with van der Waals surface area (Å²) in [4.78, 5) is 0. The predicted octanol–water partition coefficient (Wildman–Crippen LogP) is 4.19. The molecule has 4 heteroatoms. The molecule has 0 aliphatic heterocycles. The third-order valence-corrected chi connectivity index (χ3v) is 4.41. The van der Waals surface area contributed by atoms with Crippen molar-refractivity contribution in [2.45, 2.75) is 0 Å². The standard InChI is InChI=1S/C9H3BrClNS/c10-8-6-3-5(4-12)1-2-7(6)13-9(8)11/h1-3H. The zero-order valence-corrected chi connectivity index (χ0v) is 9.50. The second kappa shape index (κ2) is 3.30. The molecule has 0 fully saturated rings. The molecule has 0 saturated carbocycles. The van der Waals surface area contributed by atoms with Crippen LogP contribution in [0.15, 0.2) is 22.7 Å².